The quantitative estimate of drug-likeness (QED) is 0.724. The van der Waals surface area contributed by atoms with Gasteiger partial charge in [0.1, 0.15) is 0 Å². The molecule has 2 aliphatic rings. The molecule has 1 saturated carbocycles. The molecule has 10 heteroatoms. The molecule has 1 aliphatic carbocycles. The number of halogens is 3. The van der Waals surface area contributed by atoms with E-state index < -0.39 is 11.9 Å². The zero-order chi connectivity index (χ0) is 20.3. The Morgan fingerprint density at radius 1 is 1.24 bits per heavy atom. The molecule has 1 aliphatic heterocycles. The lowest BCUT2D eigenvalue weighted by atomic mass is 10.1. The number of aryl methyl sites for hydroxylation is 1. The number of piperidine rings is 1. The van der Waals surface area contributed by atoms with Crippen LogP contribution >= 0.6 is 0 Å². The van der Waals surface area contributed by atoms with Crippen LogP contribution in [0, 0.1) is 5.92 Å². The average molecular weight is 402 g/mol. The summed E-state index contributed by atoms with van der Waals surface area (Å²) in [4.78, 5) is 22.8. The first kappa shape index (κ1) is 17.9. The summed E-state index contributed by atoms with van der Waals surface area (Å²) in [5.74, 6) is 0.269. The van der Waals surface area contributed by atoms with Crippen molar-refractivity contribution in [2.24, 2.45) is 13.0 Å². The van der Waals surface area contributed by atoms with E-state index in [1.165, 1.54) is 19.4 Å². The van der Waals surface area contributed by atoms with Gasteiger partial charge in [-0.1, -0.05) is 0 Å². The standard InChI is InChI=1S/C19H17F3N6O/c1-27-9-15(16(26-27)19(20,21)22)25-18-23-8-11-3-5-13(7-14(11)24-18)28-12-4-2-10(6-12)17(28)29/h3,5,7-10,12H,2,4,6H2,1H3,(H,23,24,25). The highest BCUT2D eigenvalue weighted by atomic mass is 19.4. The number of benzene rings is 1. The Kier molecular flexibility index (Phi) is 3.80. The van der Waals surface area contributed by atoms with Crippen LogP contribution in [0.5, 0.6) is 0 Å². The van der Waals surface area contributed by atoms with Gasteiger partial charge in [0.2, 0.25) is 11.9 Å². The van der Waals surface area contributed by atoms with Crippen LogP contribution in [0.25, 0.3) is 10.9 Å². The van der Waals surface area contributed by atoms with Crippen molar-refractivity contribution in [1.82, 2.24) is 19.7 Å². The second-order valence-corrected chi connectivity index (χ2v) is 7.50. The molecule has 1 amide bonds. The van der Waals surface area contributed by atoms with E-state index in [0.717, 1.165) is 35.0 Å². The van der Waals surface area contributed by atoms with Crippen LogP contribution < -0.4 is 10.2 Å². The topological polar surface area (TPSA) is 75.9 Å². The van der Waals surface area contributed by atoms with Gasteiger partial charge in [-0.3, -0.25) is 9.48 Å². The second-order valence-electron chi connectivity index (χ2n) is 7.50. The Morgan fingerprint density at radius 3 is 2.79 bits per heavy atom. The molecule has 2 atom stereocenters. The zero-order valence-corrected chi connectivity index (χ0v) is 15.4. The van der Waals surface area contributed by atoms with Gasteiger partial charge in [0.05, 0.1) is 11.2 Å². The first-order chi connectivity index (χ1) is 13.8. The van der Waals surface area contributed by atoms with E-state index in [-0.39, 0.29) is 29.5 Å². The smallest absolute Gasteiger partial charge is 0.321 e. The molecule has 3 aromatic rings. The number of hydrogen-bond acceptors (Lipinski definition) is 5. The molecule has 1 saturated heterocycles. The molecule has 0 radical (unpaired) electrons. The predicted molar refractivity (Wildman–Crippen MR) is 99.6 cm³/mol. The fraction of sp³-hybridized carbons (Fsp3) is 0.368. The monoisotopic (exact) mass is 402 g/mol. The van der Waals surface area contributed by atoms with Crippen LogP contribution in [0.4, 0.5) is 30.5 Å². The lowest BCUT2D eigenvalue weighted by Gasteiger charge is -2.27. The van der Waals surface area contributed by atoms with E-state index in [2.05, 4.69) is 20.4 Å². The molecule has 2 aromatic heterocycles. The van der Waals surface area contributed by atoms with Gasteiger partial charge >= 0.3 is 6.18 Å². The highest BCUT2D eigenvalue weighted by Crippen LogP contribution is 2.41. The van der Waals surface area contributed by atoms with Crippen LogP contribution in [0.1, 0.15) is 25.0 Å². The normalized spacial score (nSPS) is 21.4. The Labute approximate surface area is 163 Å². The summed E-state index contributed by atoms with van der Waals surface area (Å²) in [7, 11) is 1.41. The van der Waals surface area contributed by atoms with Crippen molar-refractivity contribution in [2.75, 3.05) is 10.2 Å². The van der Waals surface area contributed by atoms with E-state index >= 15 is 0 Å². The maximum atomic E-state index is 13.2. The number of nitrogens with zero attached hydrogens (tertiary/aromatic N) is 5. The number of amides is 1. The van der Waals surface area contributed by atoms with E-state index in [9.17, 15) is 18.0 Å². The van der Waals surface area contributed by atoms with E-state index in [4.69, 9.17) is 0 Å². The number of carbonyl (C=O) groups is 1. The number of alkyl halides is 3. The van der Waals surface area contributed by atoms with Crippen molar-refractivity contribution in [3.05, 3.63) is 36.3 Å². The molecule has 3 heterocycles. The minimum absolute atomic E-state index is 0.0300. The van der Waals surface area contributed by atoms with Crippen LogP contribution in [-0.2, 0) is 18.0 Å². The van der Waals surface area contributed by atoms with E-state index in [1.807, 2.05) is 17.0 Å². The summed E-state index contributed by atoms with van der Waals surface area (Å²) >= 11 is 0. The number of anilines is 3. The summed E-state index contributed by atoms with van der Waals surface area (Å²) in [6.07, 6.45) is 0.989. The number of nitrogens with one attached hydrogen (secondary N) is 1. The molecule has 5 rings (SSSR count). The summed E-state index contributed by atoms with van der Waals surface area (Å²) in [6, 6.07) is 5.68. The first-order valence-electron chi connectivity index (χ1n) is 9.27. The van der Waals surface area contributed by atoms with Gasteiger partial charge in [0.15, 0.2) is 5.69 Å². The third-order valence-corrected chi connectivity index (χ3v) is 5.55. The summed E-state index contributed by atoms with van der Waals surface area (Å²) < 4.78 is 40.6. The molecule has 2 fully saturated rings. The highest BCUT2D eigenvalue weighted by molar-refractivity contribution is 6.00. The summed E-state index contributed by atoms with van der Waals surface area (Å²) in [5, 5.41) is 6.81. The molecule has 150 valence electrons. The molecule has 29 heavy (non-hydrogen) atoms. The molecule has 7 nitrogen and oxygen atoms in total. The number of carbonyl (C=O) groups excluding carboxylic acids is 1. The lowest BCUT2D eigenvalue weighted by molar-refractivity contribution is -0.140. The van der Waals surface area contributed by atoms with Gasteiger partial charge in [0, 0.05) is 42.5 Å². The summed E-state index contributed by atoms with van der Waals surface area (Å²) in [6.45, 7) is 0. The van der Waals surface area contributed by atoms with Gasteiger partial charge in [-0.05, 0) is 37.5 Å². The largest absolute Gasteiger partial charge is 0.437 e. The van der Waals surface area contributed by atoms with Crippen LogP contribution in [0.2, 0.25) is 0 Å². The van der Waals surface area contributed by atoms with Crippen LogP contribution in [0.15, 0.2) is 30.6 Å². The van der Waals surface area contributed by atoms with Crippen molar-refractivity contribution in [3.8, 4) is 0 Å². The van der Waals surface area contributed by atoms with Crippen molar-refractivity contribution in [2.45, 2.75) is 31.5 Å². The van der Waals surface area contributed by atoms with Gasteiger partial charge < -0.3 is 10.2 Å². The minimum Gasteiger partial charge on any atom is -0.321 e. The molecular weight excluding hydrogens is 385 g/mol. The minimum atomic E-state index is -4.59. The number of aromatic nitrogens is 4. The Hall–Kier alpha value is -3.17. The molecule has 1 N–H and O–H groups in total. The molecule has 0 spiro atoms. The van der Waals surface area contributed by atoms with Crippen molar-refractivity contribution >= 4 is 34.1 Å². The fourth-order valence-corrected chi connectivity index (χ4v) is 4.26. The summed E-state index contributed by atoms with van der Waals surface area (Å²) in [5.41, 5.74) is 0.0587. The Morgan fingerprint density at radius 2 is 2.07 bits per heavy atom. The second kappa shape index (κ2) is 6.16. The highest BCUT2D eigenvalue weighted by Gasteiger charge is 2.45. The maximum Gasteiger partial charge on any atom is 0.437 e. The lowest BCUT2D eigenvalue weighted by Crippen LogP contribution is -2.36. The Balaban J connectivity index is 1.48. The molecule has 1 aromatic carbocycles. The van der Waals surface area contributed by atoms with Gasteiger partial charge in [-0.25, -0.2) is 9.97 Å². The zero-order valence-electron chi connectivity index (χ0n) is 15.4. The van der Waals surface area contributed by atoms with Gasteiger partial charge in [0.25, 0.3) is 0 Å². The maximum absolute atomic E-state index is 13.2. The third-order valence-electron chi connectivity index (χ3n) is 5.55. The van der Waals surface area contributed by atoms with E-state index in [0.29, 0.717) is 5.52 Å². The van der Waals surface area contributed by atoms with Crippen molar-refractivity contribution < 1.29 is 18.0 Å². The van der Waals surface area contributed by atoms with Crippen molar-refractivity contribution in [3.63, 3.8) is 0 Å². The number of hydrogen-bond donors (Lipinski definition) is 1. The fourth-order valence-electron chi connectivity index (χ4n) is 4.26. The Bertz CT molecular complexity index is 1120. The predicted octanol–water partition coefficient (Wildman–Crippen LogP) is 3.64. The van der Waals surface area contributed by atoms with Gasteiger partial charge in [-0.2, -0.15) is 18.3 Å². The number of fused-ring (bicyclic) bond motifs is 3. The van der Waals surface area contributed by atoms with Crippen LogP contribution in [0.3, 0.4) is 0 Å². The third kappa shape index (κ3) is 2.99. The average Bonchev–Trinajstić information content (AvgIpc) is 3.35. The molecule has 2 unspecified atom stereocenters. The molecule has 2 bridgehead atoms. The van der Waals surface area contributed by atoms with Gasteiger partial charge in [-0.15, -0.1) is 0 Å². The first-order valence-corrected chi connectivity index (χ1v) is 9.27. The number of rotatable bonds is 3. The SMILES string of the molecule is Cn1cc(Nc2ncc3ccc(N4C(=O)C5CCC4C5)cc3n2)c(C(F)(F)F)n1. The van der Waals surface area contributed by atoms with Crippen LogP contribution in [-0.4, -0.2) is 31.7 Å². The van der Waals surface area contributed by atoms with Crippen molar-refractivity contribution in [1.29, 1.82) is 0 Å². The molecular formula is C19H17F3N6O. The van der Waals surface area contributed by atoms with E-state index in [1.54, 1.807) is 6.07 Å².